The normalized spacial score (nSPS) is 13.0. The van der Waals surface area contributed by atoms with Gasteiger partial charge in [-0.2, -0.15) is 10.1 Å². The summed E-state index contributed by atoms with van der Waals surface area (Å²) in [6.07, 6.45) is 2.74. The Morgan fingerprint density at radius 2 is 1.77 bits per heavy atom. The van der Waals surface area contributed by atoms with Crippen molar-refractivity contribution < 1.29 is 0 Å². The summed E-state index contributed by atoms with van der Waals surface area (Å²) in [7, 11) is 0. The fraction of sp³-hybridized carbons (Fsp3) is 0.118. The Hall–Kier alpha value is -2.95. The van der Waals surface area contributed by atoms with Crippen LogP contribution in [0.25, 0.3) is 0 Å². The van der Waals surface area contributed by atoms with Crippen molar-refractivity contribution in [3.8, 4) is 0 Å². The van der Waals surface area contributed by atoms with E-state index in [2.05, 4.69) is 49.7 Å². The summed E-state index contributed by atoms with van der Waals surface area (Å²) in [5.74, 6) is 1.33. The van der Waals surface area contributed by atoms with E-state index in [0.29, 0.717) is 5.95 Å². The third kappa shape index (κ3) is 2.37. The molecule has 2 aromatic carbocycles. The van der Waals surface area contributed by atoms with E-state index in [1.54, 1.807) is 6.20 Å². The number of benzene rings is 2. The molecule has 3 aromatic rings. The van der Waals surface area contributed by atoms with Gasteiger partial charge in [-0.05, 0) is 30.2 Å². The van der Waals surface area contributed by atoms with Gasteiger partial charge in [-0.1, -0.05) is 36.4 Å². The van der Waals surface area contributed by atoms with Crippen LogP contribution in [-0.4, -0.2) is 21.7 Å². The Morgan fingerprint density at radius 3 is 2.68 bits per heavy atom. The topological polar surface area (TPSA) is 53.9 Å². The first kappa shape index (κ1) is 12.8. The van der Waals surface area contributed by atoms with Crippen molar-refractivity contribution in [1.82, 2.24) is 15.2 Å². The number of nitrogens with one attached hydrogen (secondary N) is 1. The average molecular weight is 289 g/mol. The first-order valence-corrected chi connectivity index (χ1v) is 7.27. The van der Waals surface area contributed by atoms with Crippen LogP contribution in [0.4, 0.5) is 23.1 Å². The Morgan fingerprint density at radius 1 is 0.955 bits per heavy atom. The van der Waals surface area contributed by atoms with Crippen LogP contribution < -0.4 is 10.2 Å². The maximum absolute atomic E-state index is 4.59. The molecule has 0 bridgehead atoms. The highest BCUT2D eigenvalue weighted by molar-refractivity contribution is 5.67. The zero-order chi connectivity index (χ0) is 14.8. The molecule has 0 atom stereocenters. The van der Waals surface area contributed by atoms with Gasteiger partial charge in [-0.3, -0.25) is 0 Å². The van der Waals surface area contributed by atoms with Crippen molar-refractivity contribution in [2.24, 2.45) is 0 Å². The van der Waals surface area contributed by atoms with E-state index in [1.807, 2.05) is 30.3 Å². The van der Waals surface area contributed by atoms with Crippen LogP contribution in [0.1, 0.15) is 5.56 Å². The Balaban J connectivity index is 1.63. The molecule has 0 radical (unpaired) electrons. The number of para-hydroxylation sites is 2. The van der Waals surface area contributed by atoms with Crippen molar-refractivity contribution in [3.05, 3.63) is 66.4 Å². The fourth-order valence-electron chi connectivity index (χ4n) is 2.70. The second-order valence-corrected chi connectivity index (χ2v) is 5.16. The predicted octanol–water partition coefficient (Wildman–Crippen LogP) is 3.31. The summed E-state index contributed by atoms with van der Waals surface area (Å²) >= 11 is 0. The third-order valence-corrected chi connectivity index (χ3v) is 3.74. The van der Waals surface area contributed by atoms with Crippen LogP contribution in [0.15, 0.2) is 60.8 Å². The molecule has 5 heteroatoms. The number of fused-ring (bicyclic) bond motifs is 1. The molecule has 1 aliphatic heterocycles. The standard InChI is InChI=1S/C17H15N5/c1-2-7-14(8-3-1)19-17-20-16(12-18-21-17)22-11-10-13-6-4-5-9-15(13)22/h1-9,12H,10-11H2,(H,19,20,21). The first-order chi connectivity index (χ1) is 10.9. The zero-order valence-electron chi connectivity index (χ0n) is 12.0. The van der Waals surface area contributed by atoms with Crippen LogP contribution in [0.3, 0.4) is 0 Å². The minimum atomic E-state index is 0.507. The highest BCUT2D eigenvalue weighted by Gasteiger charge is 2.21. The summed E-state index contributed by atoms with van der Waals surface area (Å²) in [4.78, 5) is 6.77. The number of hydrogen-bond acceptors (Lipinski definition) is 5. The van der Waals surface area contributed by atoms with Crippen molar-refractivity contribution in [3.63, 3.8) is 0 Å². The summed E-state index contributed by atoms with van der Waals surface area (Å²) in [5.41, 5.74) is 3.50. The number of anilines is 4. The molecule has 0 amide bonds. The monoisotopic (exact) mass is 289 g/mol. The van der Waals surface area contributed by atoms with Crippen LogP contribution in [-0.2, 0) is 6.42 Å². The lowest BCUT2D eigenvalue weighted by Crippen LogP contribution is -2.16. The van der Waals surface area contributed by atoms with Crippen LogP contribution in [0.2, 0.25) is 0 Å². The Labute approximate surface area is 128 Å². The van der Waals surface area contributed by atoms with Gasteiger partial charge in [0.05, 0.1) is 6.20 Å². The molecule has 0 unspecified atom stereocenters. The van der Waals surface area contributed by atoms with Gasteiger partial charge in [-0.25, -0.2) is 0 Å². The molecule has 4 rings (SSSR count). The molecule has 108 valence electrons. The minimum Gasteiger partial charge on any atom is -0.324 e. The van der Waals surface area contributed by atoms with E-state index in [-0.39, 0.29) is 0 Å². The van der Waals surface area contributed by atoms with Gasteiger partial charge in [0.25, 0.3) is 0 Å². The van der Waals surface area contributed by atoms with Crippen LogP contribution >= 0.6 is 0 Å². The van der Waals surface area contributed by atoms with Crippen molar-refractivity contribution >= 4 is 23.1 Å². The molecule has 5 nitrogen and oxygen atoms in total. The molecule has 1 aliphatic rings. The average Bonchev–Trinajstić information content (AvgIpc) is 3.00. The Bertz CT molecular complexity index is 788. The van der Waals surface area contributed by atoms with Gasteiger partial charge in [0, 0.05) is 17.9 Å². The fourth-order valence-corrected chi connectivity index (χ4v) is 2.70. The molecule has 0 fully saturated rings. The molecule has 22 heavy (non-hydrogen) atoms. The van der Waals surface area contributed by atoms with Crippen LogP contribution in [0.5, 0.6) is 0 Å². The molecule has 1 N–H and O–H groups in total. The molecular formula is C17H15N5. The maximum Gasteiger partial charge on any atom is 0.249 e. The highest BCUT2D eigenvalue weighted by atomic mass is 15.3. The second-order valence-electron chi connectivity index (χ2n) is 5.16. The highest BCUT2D eigenvalue weighted by Crippen LogP contribution is 2.33. The van der Waals surface area contributed by atoms with Crippen molar-refractivity contribution in [2.45, 2.75) is 6.42 Å². The summed E-state index contributed by atoms with van der Waals surface area (Å²) in [6, 6.07) is 18.3. The maximum atomic E-state index is 4.59. The van der Waals surface area contributed by atoms with Crippen molar-refractivity contribution in [2.75, 3.05) is 16.8 Å². The number of hydrogen-bond donors (Lipinski definition) is 1. The van der Waals surface area contributed by atoms with Gasteiger partial charge >= 0.3 is 0 Å². The van der Waals surface area contributed by atoms with Gasteiger partial charge in [-0.15, -0.1) is 5.10 Å². The summed E-state index contributed by atoms with van der Waals surface area (Å²) in [5, 5.41) is 11.3. The van der Waals surface area contributed by atoms with E-state index in [9.17, 15) is 0 Å². The quantitative estimate of drug-likeness (QED) is 0.801. The summed E-state index contributed by atoms with van der Waals surface area (Å²) < 4.78 is 0. The van der Waals surface area contributed by atoms with Gasteiger partial charge in [0.1, 0.15) is 0 Å². The molecular weight excluding hydrogens is 274 g/mol. The van der Waals surface area contributed by atoms with E-state index < -0.39 is 0 Å². The minimum absolute atomic E-state index is 0.507. The predicted molar refractivity (Wildman–Crippen MR) is 86.7 cm³/mol. The molecule has 0 saturated heterocycles. The third-order valence-electron chi connectivity index (χ3n) is 3.74. The van der Waals surface area contributed by atoms with E-state index in [4.69, 9.17) is 0 Å². The zero-order valence-corrected chi connectivity index (χ0v) is 12.0. The largest absolute Gasteiger partial charge is 0.324 e. The van der Waals surface area contributed by atoms with Gasteiger partial charge in [0.15, 0.2) is 5.82 Å². The second kappa shape index (κ2) is 5.44. The smallest absolute Gasteiger partial charge is 0.249 e. The lowest BCUT2D eigenvalue weighted by Gasteiger charge is -2.18. The SMILES string of the molecule is c1ccc(Nc2nncc(N3CCc4ccccc43)n2)cc1. The molecule has 1 aromatic heterocycles. The van der Waals surface area contributed by atoms with Crippen molar-refractivity contribution in [1.29, 1.82) is 0 Å². The molecule has 0 spiro atoms. The van der Waals surface area contributed by atoms with Crippen LogP contribution in [0, 0.1) is 0 Å². The molecule has 2 heterocycles. The molecule has 0 aliphatic carbocycles. The van der Waals surface area contributed by atoms with Gasteiger partial charge in [0.2, 0.25) is 5.95 Å². The number of aromatic nitrogens is 3. The van der Waals surface area contributed by atoms with E-state index >= 15 is 0 Å². The molecule has 0 saturated carbocycles. The summed E-state index contributed by atoms with van der Waals surface area (Å²) in [6.45, 7) is 0.919. The lowest BCUT2D eigenvalue weighted by atomic mass is 10.2. The van der Waals surface area contributed by atoms with E-state index in [0.717, 1.165) is 24.5 Å². The number of nitrogens with zero attached hydrogens (tertiary/aromatic N) is 4. The van der Waals surface area contributed by atoms with Gasteiger partial charge < -0.3 is 10.2 Å². The Kier molecular flexibility index (Phi) is 3.16. The lowest BCUT2D eigenvalue weighted by molar-refractivity contribution is 0.920. The first-order valence-electron chi connectivity index (χ1n) is 7.27. The van der Waals surface area contributed by atoms with E-state index in [1.165, 1.54) is 11.3 Å². The number of rotatable bonds is 3.